The second-order valence-corrected chi connectivity index (χ2v) is 12.4. The van der Waals surface area contributed by atoms with E-state index in [0.717, 1.165) is 0 Å². The molecule has 0 aromatic heterocycles. The number of nitrogens with zero attached hydrogens (tertiary/aromatic N) is 3. The van der Waals surface area contributed by atoms with Crippen molar-refractivity contribution in [2.75, 3.05) is 39.3 Å². The number of hydrogen-bond acceptors (Lipinski definition) is 3. The maximum atomic E-state index is 2.89. The van der Waals surface area contributed by atoms with Crippen LogP contribution < -0.4 is 0 Å². The van der Waals surface area contributed by atoms with Crippen LogP contribution in [0.2, 0.25) is 0 Å². The molecule has 3 rings (SSSR count). The van der Waals surface area contributed by atoms with E-state index in [1.54, 1.807) is 0 Å². The zero-order chi connectivity index (χ0) is 13.8. The van der Waals surface area contributed by atoms with Gasteiger partial charge in [0.2, 0.25) is 0 Å². The van der Waals surface area contributed by atoms with Gasteiger partial charge in [0.15, 0.2) is 0 Å². The van der Waals surface area contributed by atoms with Gasteiger partial charge in [-0.1, -0.05) is 19.3 Å². The van der Waals surface area contributed by atoms with E-state index in [9.17, 15) is 0 Å². The quantitative estimate of drug-likeness (QED) is 0.640. The van der Waals surface area contributed by atoms with E-state index in [1.165, 1.54) is 97.1 Å². The summed E-state index contributed by atoms with van der Waals surface area (Å²) in [7, 11) is -0.874. The van der Waals surface area contributed by atoms with Crippen LogP contribution in [0.1, 0.15) is 57.8 Å². The molecule has 3 nitrogen and oxygen atoms in total. The molecule has 0 bridgehead atoms. The highest BCUT2D eigenvalue weighted by Gasteiger charge is 2.41. The molecule has 5 heteroatoms. The minimum absolute atomic E-state index is 0.874. The average Bonchev–Trinajstić information content (AvgIpc) is 2.56. The van der Waals surface area contributed by atoms with Crippen molar-refractivity contribution in [1.29, 1.82) is 0 Å². The summed E-state index contributed by atoms with van der Waals surface area (Å²) in [5.41, 5.74) is 0. The molecule has 0 radical (unpaired) electrons. The molecular weight excluding hydrogens is 381 g/mol. The second-order valence-electron chi connectivity index (χ2n) is 6.42. The van der Waals surface area contributed by atoms with Gasteiger partial charge in [0.1, 0.15) is 0 Å². The van der Waals surface area contributed by atoms with Crippen molar-refractivity contribution in [3.63, 3.8) is 0 Å². The van der Waals surface area contributed by atoms with Crippen molar-refractivity contribution in [3.8, 4) is 0 Å². The predicted octanol–water partition coefficient (Wildman–Crippen LogP) is 4.34. The Bertz CT molecular complexity index is 252. The molecule has 20 heavy (non-hydrogen) atoms. The fourth-order valence-electron chi connectivity index (χ4n) is 3.78. The van der Waals surface area contributed by atoms with Crippen molar-refractivity contribution >= 4 is 29.0 Å². The zero-order valence-electron chi connectivity index (χ0n) is 12.7. The van der Waals surface area contributed by atoms with Gasteiger partial charge in [-0.05, 0) is 46.3 Å². The van der Waals surface area contributed by atoms with E-state index in [2.05, 4.69) is 34.1 Å². The molecule has 3 heterocycles. The van der Waals surface area contributed by atoms with Crippen molar-refractivity contribution in [1.82, 2.24) is 12.9 Å². The largest absolute Gasteiger partial charge is 0.237 e. The molecule has 3 saturated heterocycles. The van der Waals surface area contributed by atoms with Gasteiger partial charge >= 0.3 is 0 Å². The number of piperidine rings is 3. The van der Waals surface area contributed by atoms with Crippen molar-refractivity contribution in [2.45, 2.75) is 57.8 Å². The first-order valence-corrected chi connectivity index (χ1v) is 12.6. The Balaban J connectivity index is 1.79. The van der Waals surface area contributed by atoms with E-state index in [4.69, 9.17) is 0 Å². The molecule has 0 aromatic rings. The van der Waals surface area contributed by atoms with Gasteiger partial charge in [-0.15, -0.1) is 0 Å². The van der Waals surface area contributed by atoms with E-state index >= 15 is 0 Å². The summed E-state index contributed by atoms with van der Waals surface area (Å²) in [5.74, 6) is 0. The molecule has 3 aliphatic heterocycles. The fourth-order valence-corrected chi connectivity index (χ4v) is 10.5. The second kappa shape index (κ2) is 7.49. The molecule has 0 saturated carbocycles. The van der Waals surface area contributed by atoms with E-state index < -0.39 is 7.76 Å². The maximum Gasteiger partial charge on any atom is 0.0229 e. The summed E-state index contributed by atoms with van der Waals surface area (Å²) in [6.45, 7) is 8.03. The lowest BCUT2D eigenvalue weighted by Crippen LogP contribution is -2.50. The van der Waals surface area contributed by atoms with Crippen LogP contribution in [0.4, 0.5) is 0 Å². The number of rotatable bonds is 3. The molecule has 3 fully saturated rings. The molecule has 0 atom stereocenters. The molecule has 0 aliphatic carbocycles. The van der Waals surface area contributed by atoms with Crippen LogP contribution in [0.3, 0.4) is 0 Å². The highest BCUT2D eigenvalue weighted by Crippen LogP contribution is 2.66. The van der Waals surface area contributed by atoms with Crippen LogP contribution in [0.25, 0.3) is 0 Å². The van der Waals surface area contributed by atoms with E-state index in [1.807, 2.05) is 0 Å². The molecule has 0 unspecified atom stereocenters. The first kappa shape index (κ1) is 15.8. The molecule has 0 spiro atoms. The van der Waals surface area contributed by atoms with Crippen molar-refractivity contribution in [3.05, 3.63) is 0 Å². The Morgan fingerprint density at radius 3 is 0.950 bits per heavy atom. The van der Waals surface area contributed by atoms with E-state index in [0.29, 0.717) is 0 Å². The Morgan fingerprint density at radius 1 is 0.450 bits per heavy atom. The third-order valence-electron chi connectivity index (χ3n) is 4.93. The highest BCUT2D eigenvalue weighted by atomic mass is 127. The van der Waals surface area contributed by atoms with Crippen LogP contribution in [0.15, 0.2) is 0 Å². The number of halogens is 1. The smallest absolute Gasteiger partial charge is 0.0229 e. The lowest BCUT2D eigenvalue weighted by Gasteiger charge is -2.59. The summed E-state index contributed by atoms with van der Waals surface area (Å²) in [5, 5.41) is 0. The number of hydrogen-bond donors (Lipinski definition) is 0. The van der Waals surface area contributed by atoms with Crippen LogP contribution in [0.5, 0.6) is 0 Å². The summed E-state index contributed by atoms with van der Waals surface area (Å²) in [4.78, 5) is 0. The van der Waals surface area contributed by atoms with Gasteiger partial charge in [-0.3, -0.25) is 0 Å². The Hall–Kier alpha value is 0.960. The van der Waals surface area contributed by atoms with Gasteiger partial charge in [-0.2, -0.15) is 0 Å². The highest BCUT2D eigenvalue weighted by molar-refractivity contribution is 14.2. The lowest BCUT2D eigenvalue weighted by atomic mass is 10.2. The fraction of sp³-hybridized carbons (Fsp3) is 1.00. The van der Waals surface area contributed by atoms with Crippen LogP contribution >= 0.6 is 29.0 Å². The van der Waals surface area contributed by atoms with Gasteiger partial charge in [-0.25, -0.2) is 12.9 Å². The summed E-state index contributed by atoms with van der Waals surface area (Å²) in [6, 6.07) is 0. The minimum atomic E-state index is -0.874. The minimum Gasteiger partial charge on any atom is -0.237 e. The summed E-state index contributed by atoms with van der Waals surface area (Å²) >= 11 is 2.89. The molecule has 3 aliphatic rings. The maximum absolute atomic E-state index is 2.89. The van der Waals surface area contributed by atoms with Crippen LogP contribution in [-0.4, -0.2) is 52.2 Å². The normalized spacial score (nSPS) is 29.4. The molecular formula is C15H30IN3S. The molecule has 0 aromatic carbocycles. The summed E-state index contributed by atoms with van der Waals surface area (Å²) < 4.78 is 8.65. The first-order chi connectivity index (χ1) is 9.82. The van der Waals surface area contributed by atoms with Crippen LogP contribution in [-0.2, 0) is 0 Å². The van der Waals surface area contributed by atoms with Gasteiger partial charge < -0.3 is 0 Å². The first-order valence-electron chi connectivity index (χ1n) is 8.60. The molecule has 118 valence electrons. The van der Waals surface area contributed by atoms with Gasteiger partial charge in [0, 0.05) is 60.5 Å². The third-order valence-corrected chi connectivity index (χ3v) is 13.0. The standard InChI is InChI=1S/C15H30IN3S/c16-20(17-10-4-1-5-11-17,18-12-6-2-7-13-18)19-14-8-3-9-15-19/h1-15H2. The Kier molecular flexibility index (Phi) is 5.93. The monoisotopic (exact) mass is 411 g/mol. The third kappa shape index (κ3) is 3.31. The van der Waals surface area contributed by atoms with E-state index in [-0.39, 0.29) is 0 Å². The predicted molar refractivity (Wildman–Crippen MR) is 97.9 cm³/mol. The lowest BCUT2D eigenvalue weighted by molar-refractivity contribution is 0.272. The zero-order valence-corrected chi connectivity index (χ0v) is 15.7. The molecule has 0 N–H and O–H groups in total. The van der Waals surface area contributed by atoms with Crippen molar-refractivity contribution < 1.29 is 0 Å². The van der Waals surface area contributed by atoms with Gasteiger partial charge in [0.05, 0.1) is 0 Å². The Morgan fingerprint density at radius 2 is 0.700 bits per heavy atom. The topological polar surface area (TPSA) is 9.72 Å². The average molecular weight is 411 g/mol. The Labute approximate surface area is 138 Å². The summed E-state index contributed by atoms with van der Waals surface area (Å²) in [6.07, 6.45) is 12.8. The molecule has 0 amide bonds. The van der Waals surface area contributed by atoms with Crippen molar-refractivity contribution in [2.24, 2.45) is 0 Å². The van der Waals surface area contributed by atoms with Crippen LogP contribution in [0, 0.1) is 0 Å². The SMILES string of the molecule is IS(N1CCCCC1)(N1CCCCC1)N1CCCCC1. The van der Waals surface area contributed by atoms with Gasteiger partial charge in [0.25, 0.3) is 0 Å².